The summed E-state index contributed by atoms with van der Waals surface area (Å²) in [6.07, 6.45) is 0. The Labute approximate surface area is 135 Å². The maximum Gasteiger partial charge on any atom is 0.323 e. The predicted octanol–water partition coefficient (Wildman–Crippen LogP) is 0.879. The van der Waals surface area contributed by atoms with E-state index in [4.69, 9.17) is 5.11 Å². The van der Waals surface area contributed by atoms with E-state index in [-0.39, 0.29) is 24.3 Å². The van der Waals surface area contributed by atoms with Gasteiger partial charge in [-0.05, 0) is 31.2 Å². The van der Waals surface area contributed by atoms with Crippen LogP contribution in [0.4, 0.5) is 10.1 Å². The van der Waals surface area contributed by atoms with Crippen LogP contribution in [0, 0.1) is 5.82 Å². The van der Waals surface area contributed by atoms with Crippen LogP contribution in [-0.2, 0) is 9.59 Å². The molecule has 126 valence electrons. The lowest BCUT2D eigenvalue weighted by atomic mass is 10.2. The Morgan fingerprint density at radius 3 is 2.30 bits per heavy atom. The van der Waals surface area contributed by atoms with E-state index < -0.39 is 5.97 Å². The maximum absolute atomic E-state index is 13.0. The summed E-state index contributed by atoms with van der Waals surface area (Å²) in [7, 11) is 1.50. The van der Waals surface area contributed by atoms with E-state index in [1.165, 1.54) is 24.1 Å². The summed E-state index contributed by atoms with van der Waals surface area (Å²) in [5, 5.41) is 8.76. The van der Waals surface area contributed by atoms with Gasteiger partial charge in [-0.25, -0.2) is 4.39 Å². The van der Waals surface area contributed by atoms with Gasteiger partial charge in [0.1, 0.15) is 12.4 Å². The number of carbonyl (C=O) groups is 2. The lowest BCUT2D eigenvalue weighted by molar-refractivity contribution is -0.145. The molecule has 23 heavy (non-hydrogen) atoms. The number of aliphatic carboxylic acids is 1. The Hall–Kier alpha value is -2.15. The first-order chi connectivity index (χ1) is 10.9. The first-order valence-corrected chi connectivity index (χ1v) is 7.60. The van der Waals surface area contributed by atoms with E-state index in [0.717, 1.165) is 18.8 Å². The summed E-state index contributed by atoms with van der Waals surface area (Å²) in [4.78, 5) is 28.4. The number of carboxylic acid groups (broad SMARTS) is 1. The third-order valence-electron chi connectivity index (χ3n) is 4.16. The normalized spacial score (nSPS) is 16.9. The molecule has 0 saturated carbocycles. The maximum atomic E-state index is 13.0. The van der Waals surface area contributed by atoms with Crippen LogP contribution in [0.1, 0.15) is 6.92 Å². The van der Waals surface area contributed by atoms with Crippen molar-refractivity contribution < 1.29 is 19.1 Å². The molecule has 1 saturated heterocycles. The fourth-order valence-corrected chi connectivity index (χ4v) is 2.78. The fourth-order valence-electron chi connectivity index (χ4n) is 2.78. The lowest BCUT2D eigenvalue weighted by Crippen LogP contribution is -2.54. The van der Waals surface area contributed by atoms with Gasteiger partial charge in [-0.1, -0.05) is 0 Å². The number of amides is 1. The highest BCUT2D eigenvalue weighted by Crippen LogP contribution is 2.18. The fraction of sp³-hybridized carbons (Fsp3) is 0.500. The molecule has 2 rings (SSSR count). The molecule has 0 aliphatic carbocycles. The van der Waals surface area contributed by atoms with Crippen LogP contribution in [0.15, 0.2) is 24.3 Å². The molecule has 1 heterocycles. The molecule has 0 unspecified atom stereocenters. The minimum atomic E-state index is -1.02. The number of nitrogens with zero attached hydrogens (tertiary/aromatic N) is 3. The summed E-state index contributed by atoms with van der Waals surface area (Å²) < 4.78 is 13.0. The van der Waals surface area contributed by atoms with Crippen molar-refractivity contribution in [3.05, 3.63) is 30.1 Å². The third-order valence-corrected chi connectivity index (χ3v) is 4.16. The second-order valence-electron chi connectivity index (χ2n) is 5.76. The van der Waals surface area contributed by atoms with Crippen LogP contribution in [0.3, 0.4) is 0 Å². The van der Waals surface area contributed by atoms with Gasteiger partial charge in [0.05, 0.1) is 6.04 Å². The molecule has 0 bridgehead atoms. The van der Waals surface area contributed by atoms with Crippen molar-refractivity contribution in [2.75, 3.05) is 44.7 Å². The Kier molecular flexibility index (Phi) is 5.54. The number of hydrogen-bond acceptors (Lipinski definition) is 4. The summed E-state index contributed by atoms with van der Waals surface area (Å²) in [6, 6.07) is 6.03. The van der Waals surface area contributed by atoms with E-state index in [1.54, 1.807) is 19.1 Å². The van der Waals surface area contributed by atoms with Gasteiger partial charge in [0.15, 0.2) is 0 Å². The van der Waals surface area contributed by atoms with Gasteiger partial charge >= 0.3 is 5.97 Å². The molecule has 1 atom stereocenters. The van der Waals surface area contributed by atoms with Gasteiger partial charge in [0.25, 0.3) is 0 Å². The monoisotopic (exact) mass is 323 g/mol. The highest BCUT2D eigenvalue weighted by molar-refractivity contribution is 5.84. The summed E-state index contributed by atoms with van der Waals surface area (Å²) in [5.74, 6) is -1.47. The molecular weight excluding hydrogens is 301 g/mol. The highest BCUT2D eigenvalue weighted by atomic mass is 19.1. The highest BCUT2D eigenvalue weighted by Gasteiger charge is 2.28. The molecular formula is C16H22FN3O3. The van der Waals surface area contributed by atoms with Crippen LogP contribution in [0.5, 0.6) is 0 Å². The van der Waals surface area contributed by atoms with E-state index >= 15 is 0 Å². The number of piperazine rings is 1. The van der Waals surface area contributed by atoms with Crippen LogP contribution in [-0.4, -0.2) is 72.6 Å². The predicted molar refractivity (Wildman–Crippen MR) is 84.9 cm³/mol. The average molecular weight is 323 g/mol. The molecule has 1 aliphatic heterocycles. The van der Waals surface area contributed by atoms with Crippen molar-refractivity contribution in [1.29, 1.82) is 0 Å². The second-order valence-corrected chi connectivity index (χ2v) is 5.76. The second kappa shape index (κ2) is 7.41. The topological polar surface area (TPSA) is 64.1 Å². The molecule has 1 amide bonds. The zero-order chi connectivity index (χ0) is 17.0. The number of likely N-dealkylation sites (N-methyl/N-ethyl adjacent to an activating group) is 1. The molecule has 0 aromatic heterocycles. The van der Waals surface area contributed by atoms with E-state index in [1.807, 2.05) is 4.90 Å². The van der Waals surface area contributed by atoms with Gasteiger partial charge in [0.2, 0.25) is 5.91 Å². The minimum Gasteiger partial charge on any atom is -0.480 e. The number of carboxylic acids is 1. The number of hydrogen-bond donors (Lipinski definition) is 1. The first-order valence-electron chi connectivity index (χ1n) is 7.60. The molecule has 1 fully saturated rings. The molecule has 1 aliphatic rings. The smallest absolute Gasteiger partial charge is 0.323 e. The van der Waals surface area contributed by atoms with Crippen LogP contribution < -0.4 is 4.90 Å². The van der Waals surface area contributed by atoms with E-state index in [9.17, 15) is 14.0 Å². The van der Waals surface area contributed by atoms with Crippen molar-refractivity contribution in [3.8, 4) is 0 Å². The number of benzene rings is 1. The van der Waals surface area contributed by atoms with Crippen LogP contribution in [0.25, 0.3) is 0 Å². The van der Waals surface area contributed by atoms with Crippen molar-refractivity contribution in [1.82, 2.24) is 9.80 Å². The first kappa shape index (κ1) is 17.2. The molecule has 1 aromatic rings. The van der Waals surface area contributed by atoms with E-state index in [0.29, 0.717) is 13.1 Å². The standard InChI is InChI=1S/C16H22FN3O3/c1-12(16(23)18(2)11-15(21)22)19-7-9-20(10-8-19)14-5-3-13(17)4-6-14/h3-6,12H,7-11H2,1-2H3,(H,21,22)/t12-/m1/s1. The molecule has 0 spiro atoms. The zero-order valence-electron chi connectivity index (χ0n) is 13.4. The Balaban J connectivity index is 1.89. The lowest BCUT2D eigenvalue weighted by Gasteiger charge is -2.39. The molecule has 0 radical (unpaired) electrons. The van der Waals surface area contributed by atoms with Gasteiger partial charge in [0, 0.05) is 38.9 Å². The molecule has 1 N–H and O–H groups in total. The number of rotatable bonds is 5. The third kappa shape index (κ3) is 4.41. The summed E-state index contributed by atoms with van der Waals surface area (Å²) in [6.45, 7) is 4.39. The SMILES string of the molecule is C[C@H](C(=O)N(C)CC(=O)O)N1CCN(c2ccc(F)cc2)CC1. The van der Waals surface area contributed by atoms with Gasteiger partial charge in [-0.3, -0.25) is 14.5 Å². The van der Waals surface area contributed by atoms with Gasteiger partial charge in [-0.2, -0.15) is 0 Å². The van der Waals surface area contributed by atoms with Gasteiger partial charge < -0.3 is 14.9 Å². The van der Waals surface area contributed by atoms with Crippen molar-refractivity contribution in [2.45, 2.75) is 13.0 Å². The van der Waals surface area contributed by atoms with Crippen LogP contribution in [0.2, 0.25) is 0 Å². The Morgan fingerprint density at radius 2 is 1.78 bits per heavy atom. The van der Waals surface area contributed by atoms with Crippen molar-refractivity contribution in [2.24, 2.45) is 0 Å². The molecule has 1 aromatic carbocycles. The van der Waals surface area contributed by atoms with Gasteiger partial charge in [-0.15, -0.1) is 0 Å². The van der Waals surface area contributed by atoms with E-state index in [2.05, 4.69) is 4.90 Å². The number of anilines is 1. The molecule has 6 nitrogen and oxygen atoms in total. The number of carbonyl (C=O) groups excluding carboxylic acids is 1. The van der Waals surface area contributed by atoms with Crippen molar-refractivity contribution >= 4 is 17.6 Å². The molecule has 7 heteroatoms. The largest absolute Gasteiger partial charge is 0.480 e. The van der Waals surface area contributed by atoms with Crippen molar-refractivity contribution in [3.63, 3.8) is 0 Å². The zero-order valence-corrected chi connectivity index (χ0v) is 13.4. The number of halogens is 1. The quantitative estimate of drug-likeness (QED) is 0.871. The average Bonchev–Trinajstić information content (AvgIpc) is 2.53. The summed E-state index contributed by atoms with van der Waals surface area (Å²) in [5.41, 5.74) is 0.966. The summed E-state index contributed by atoms with van der Waals surface area (Å²) >= 11 is 0. The Morgan fingerprint density at radius 1 is 1.22 bits per heavy atom. The van der Waals surface area contributed by atoms with Crippen LogP contribution >= 0.6 is 0 Å². The minimum absolute atomic E-state index is 0.192. The Bertz CT molecular complexity index is 556.